The van der Waals surface area contributed by atoms with Gasteiger partial charge < -0.3 is 10.0 Å². The monoisotopic (exact) mass is 291 g/mol. The Morgan fingerprint density at radius 2 is 2.25 bits per heavy atom. The molecule has 0 bridgehead atoms. The van der Waals surface area contributed by atoms with Gasteiger partial charge in [-0.25, -0.2) is 9.97 Å². The van der Waals surface area contributed by atoms with Crippen LogP contribution < -0.4 is 4.90 Å². The van der Waals surface area contributed by atoms with E-state index in [9.17, 15) is 9.90 Å². The van der Waals surface area contributed by atoms with Crippen molar-refractivity contribution < 1.29 is 9.90 Å². The number of hydrogen-bond donors (Lipinski definition) is 1. The number of piperidine rings is 1. The summed E-state index contributed by atoms with van der Waals surface area (Å²) in [6.07, 6.45) is 3.23. The maximum Gasteiger partial charge on any atom is 0.308 e. The van der Waals surface area contributed by atoms with E-state index < -0.39 is 5.97 Å². The van der Waals surface area contributed by atoms with E-state index in [1.807, 2.05) is 0 Å². The minimum Gasteiger partial charge on any atom is -0.481 e. The van der Waals surface area contributed by atoms with E-state index in [0.29, 0.717) is 6.54 Å². The van der Waals surface area contributed by atoms with Gasteiger partial charge in [-0.2, -0.15) is 0 Å². The number of thiophene rings is 1. The number of aryl methyl sites for hydroxylation is 2. The minimum atomic E-state index is -0.710. The zero-order chi connectivity index (χ0) is 14.3. The number of aromatic nitrogens is 2. The minimum absolute atomic E-state index is 0.297. The number of nitrogens with zero attached hydrogens (tertiary/aromatic N) is 3. The fourth-order valence-corrected chi connectivity index (χ4v) is 3.77. The van der Waals surface area contributed by atoms with Crippen LogP contribution in [0.25, 0.3) is 10.2 Å². The van der Waals surface area contributed by atoms with Gasteiger partial charge in [0.15, 0.2) is 0 Å². The number of rotatable bonds is 2. The quantitative estimate of drug-likeness (QED) is 0.921. The van der Waals surface area contributed by atoms with Crippen molar-refractivity contribution in [3.05, 3.63) is 16.8 Å². The highest BCUT2D eigenvalue weighted by Crippen LogP contribution is 2.35. The third kappa shape index (κ3) is 2.14. The van der Waals surface area contributed by atoms with Gasteiger partial charge in [0.05, 0.1) is 11.3 Å². The Morgan fingerprint density at radius 3 is 3.00 bits per heavy atom. The summed E-state index contributed by atoms with van der Waals surface area (Å²) >= 11 is 1.67. The summed E-state index contributed by atoms with van der Waals surface area (Å²) in [5.41, 5.74) is 1.21. The molecule has 0 aliphatic carbocycles. The summed E-state index contributed by atoms with van der Waals surface area (Å²) in [5, 5.41) is 10.3. The van der Waals surface area contributed by atoms with Crippen molar-refractivity contribution in [2.75, 3.05) is 18.0 Å². The molecule has 1 atom stereocenters. The van der Waals surface area contributed by atoms with Crippen molar-refractivity contribution in [1.29, 1.82) is 0 Å². The Bertz CT molecular complexity index is 668. The smallest absolute Gasteiger partial charge is 0.308 e. The van der Waals surface area contributed by atoms with Gasteiger partial charge in [0.25, 0.3) is 0 Å². The van der Waals surface area contributed by atoms with Crippen LogP contribution in [0.1, 0.15) is 23.3 Å². The van der Waals surface area contributed by atoms with Crippen molar-refractivity contribution in [1.82, 2.24) is 9.97 Å². The molecule has 2 aromatic heterocycles. The molecule has 1 saturated heterocycles. The first-order valence-corrected chi connectivity index (χ1v) is 7.58. The molecule has 106 valence electrons. The summed E-state index contributed by atoms with van der Waals surface area (Å²) in [5.74, 6) is -0.116. The van der Waals surface area contributed by atoms with E-state index in [-0.39, 0.29) is 5.92 Å². The SMILES string of the molecule is Cc1sc2ncnc(N3CCC[C@H](C(=O)O)C3)c2c1C. The lowest BCUT2D eigenvalue weighted by Crippen LogP contribution is -2.39. The molecule has 1 aliphatic heterocycles. The highest BCUT2D eigenvalue weighted by atomic mass is 32.1. The predicted molar refractivity (Wildman–Crippen MR) is 79.5 cm³/mol. The number of carboxylic acid groups (broad SMARTS) is 1. The fraction of sp³-hybridized carbons (Fsp3) is 0.500. The first-order valence-electron chi connectivity index (χ1n) is 6.76. The largest absolute Gasteiger partial charge is 0.481 e. The third-order valence-electron chi connectivity index (χ3n) is 4.02. The summed E-state index contributed by atoms with van der Waals surface area (Å²) in [6, 6.07) is 0. The van der Waals surface area contributed by atoms with Crippen LogP contribution in [0.4, 0.5) is 5.82 Å². The first-order chi connectivity index (χ1) is 9.58. The fourth-order valence-electron chi connectivity index (χ4n) is 2.77. The summed E-state index contributed by atoms with van der Waals surface area (Å²) in [6.45, 7) is 5.57. The van der Waals surface area contributed by atoms with E-state index in [0.717, 1.165) is 35.4 Å². The molecule has 6 heteroatoms. The molecule has 0 radical (unpaired) electrons. The van der Waals surface area contributed by atoms with Crippen LogP contribution in [0.15, 0.2) is 6.33 Å². The van der Waals surface area contributed by atoms with Crippen LogP contribution in [0.3, 0.4) is 0 Å². The number of hydrogen-bond acceptors (Lipinski definition) is 5. The highest BCUT2D eigenvalue weighted by molar-refractivity contribution is 7.18. The molecule has 0 saturated carbocycles. The molecule has 0 aromatic carbocycles. The highest BCUT2D eigenvalue weighted by Gasteiger charge is 2.27. The first kappa shape index (κ1) is 13.3. The van der Waals surface area contributed by atoms with E-state index in [2.05, 4.69) is 28.7 Å². The van der Waals surface area contributed by atoms with Crippen molar-refractivity contribution in [3.63, 3.8) is 0 Å². The normalized spacial score (nSPS) is 19.5. The molecule has 1 aliphatic rings. The number of fused-ring (bicyclic) bond motifs is 1. The van der Waals surface area contributed by atoms with E-state index in [1.165, 1.54) is 10.4 Å². The molecule has 5 nitrogen and oxygen atoms in total. The van der Waals surface area contributed by atoms with Crippen molar-refractivity contribution >= 4 is 33.3 Å². The molecular formula is C14H17N3O2S. The number of carbonyl (C=O) groups is 1. The lowest BCUT2D eigenvalue weighted by atomic mass is 9.98. The van der Waals surface area contributed by atoms with Gasteiger partial charge in [0.1, 0.15) is 17.0 Å². The molecule has 3 rings (SSSR count). The second kappa shape index (κ2) is 5.01. The molecule has 2 aromatic rings. The third-order valence-corrected chi connectivity index (χ3v) is 5.13. The molecule has 0 amide bonds. The van der Waals surface area contributed by atoms with Crippen LogP contribution in [0.5, 0.6) is 0 Å². The molecule has 1 N–H and O–H groups in total. The van der Waals surface area contributed by atoms with Crippen LogP contribution >= 0.6 is 11.3 Å². The average molecular weight is 291 g/mol. The second-order valence-electron chi connectivity index (χ2n) is 5.28. The van der Waals surface area contributed by atoms with Gasteiger partial charge in [-0.05, 0) is 32.3 Å². The van der Waals surface area contributed by atoms with Crippen LogP contribution in [-0.2, 0) is 4.79 Å². The molecule has 0 spiro atoms. The lowest BCUT2D eigenvalue weighted by Gasteiger charge is -2.32. The van der Waals surface area contributed by atoms with Gasteiger partial charge in [-0.3, -0.25) is 4.79 Å². The zero-order valence-corrected chi connectivity index (χ0v) is 12.4. The number of aliphatic carboxylic acids is 1. The Morgan fingerprint density at radius 1 is 1.45 bits per heavy atom. The van der Waals surface area contributed by atoms with Crippen LogP contribution in [0.2, 0.25) is 0 Å². The topological polar surface area (TPSA) is 66.3 Å². The van der Waals surface area contributed by atoms with Crippen LogP contribution in [0, 0.1) is 19.8 Å². The van der Waals surface area contributed by atoms with E-state index >= 15 is 0 Å². The second-order valence-corrected chi connectivity index (χ2v) is 6.49. The Hall–Kier alpha value is -1.69. The average Bonchev–Trinajstić information content (AvgIpc) is 2.74. The summed E-state index contributed by atoms with van der Waals surface area (Å²) in [4.78, 5) is 24.3. The Balaban J connectivity index is 2.03. The Kier molecular flexibility index (Phi) is 3.33. The lowest BCUT2D eigenvalue weighted by molar-refractivity contribution is -0.141. The molecular weight excluding hydrogens is 274 g/mol. The molecule has 0 unspecified atom stereocenters. The van der Waals surface area contributed by atoms with Crippen molar-refractivity contribution in [3.8, 4) is 0 Å². The van der Waals surface area contributed by atoms with Gasteiger partial charge in [0.2, 0.25) is 0 Å². The molecule has 3 heterocycles. The van der Waals surface area contributed by atoms with Gasteiger partial charge >= 0.3 is 5.97 Å². The molecule has 20 heavy (non-hydrogen) atoms. The summed E-state index contributed by atoms with van der Waals surface area (Å²) < 4.78 is 0. The van der Waals surface area contributed by atoms with Crippen LogP contribution in [-0.4, -0.2) is 34.1 Å². The van der Waals surface area contributed by atoms with E-state index in [1.54, 1.807) is 17.7 Å². The van der Waals surface area contributed by atoms with Crippen molar-refractivity contribution in [2.24, 2.45) is 5.92 Å². The predicted octanol–water partition coefficient (Wildman–Crippen LogP) is 2.61. The zero-order valence-electron chi connectivity index (χ0n) is 11.6. The van der Waals surface area contributed by atoms with Gasteiger partial charge in [0, 0.05) is 18.0 Å². The number of carboxylic acids is 1. The Labute approximate surface area is 121 Å². The molecule has 1 fully saturated rings. The van der Waals surface area contributed by atoms with Gasteiger partial charge in [-0.1, -0.05) is 0 Å². The van der Waals surface area contributed by atoms with Gasteiger partial charge in [-0.15, -0.1) is 11.3 Å². The maximum absolute atomic E-state index is 11.2. The summed E-state index contributed by atoms with van der Waals surface area (Å²) in [7, 11) is 0. The maximum atomic E-state index is 11.2. The van der Waals surface area contributed by atoms with E-state index in [4.69, 9.17) is 0 Å². The standard InChI is InChI=1S/C14H17N3O2S/c1-8-9(2)20-13-11(8)12(15-7-16-13)17-5-3-4-10(6-17)14(18)19/h7,10H,3-6H2,1-2H3,(H,18,19)/t10-/m0/s1. The van der Waals surface area contributed by atoms with Crippen molar-refractivity contribution in [2.45, 2.75) is 26.7 Å². The number of anilines is 1.